The lowest BCUT2D eigenvalue weighted by molar-refractivity contribution is 0.0718. The Bertz CT molecular complexity index is 991. The molecule has 1 N–H and O–H groups in total. The molecule has 28 heavy (non-hydrogen) atoms. The van der Waals surface area contributed by atoms with Gasteiger partial charge in [-0.25, -0.2) is 9.59 Å². The van der Waals surface area contributed by atoms with Crippen molar-refractivity contribution >= 4 is 11.9 Å². The van der Waals surface area contributed by atoms with Crippen LogP contribution in [-0.4, -0.2) is 24.2 Å². The summed E-state index contributed by atoms with van der Waals surface area (Å²) in [6.07, 6.45) is 0. The summed E-state index contributed by atoms with van der Waals surface area (Å²) in [6, 6.07) is 17.0. The van der Waals surface area contributed by atoms with E-state index in [4.69, 9.17) is 14.2 Å². The summed E-state index contributed by atoms with van der Waals surface area (Å²) in [5, 5.41) is 9.28. The number of esters is 2. The predicted octanol–water partition coefficient (Wildman–Crippen LogP) is 4.15. The normalized spacial score (nSPS) is 10.2. The molecule has 0 aromatic heterocycles. The van der Waals surface area contributed by atoms with Crippen LogP contribution in [0.25, 0.3) is 0 Å². The Kier molecular flexibility index (Phi) is 5.60. The van der Waals surface area contributed by atoms with Crippen molar-refractivity contribution in [2.75, 3.05) is 7.11 Å². The summed E-state index contributed by atoms with van der Waals surface area (Å²) in [5.74, 6) is 0.343. The van der Waals surface area contributed by atoms with Gasteiger partial charge in [-0.3, -0.25) is 0 Å². The molecule has 6 nitrogen and oxygen atoms in total. The third-order valence-electron chi connectivity index (χ3n) is 3.99. The first kappa shape index (κ1) is 19.0. The van der Waals surface area contributed by atoms with Crippen LogP contribution in [0.5, 0.6) is 23.0 Å². The van der Waals surface area contributed by atoms with Crippen molar-refractivity contribution in [3.63, 3.8) is 0 Å². The molecule has 3 aromatic rings. The molecule has 0 spiro atoms. The van der Waals surface area contributed by atoms with E-state index in [2.05, 4.69) is 0 Å². The van der Waals surface area contributed by atoms with Crippen molar-refractivity contribution in [3.05, 3.63) is 83.4 Å². The first-order chi connectivity index (χ1) is 13.5. The average Bonchev–Trinajstić information content (AvgIpc) is 2.70. The summed E-state index contributed by atoms with van der Waals surface area (Å²) in [7, 11) is 1.55. The first-order valence-corrected chi connectivity index (χ1v) is 8.44. The zero-order valence-electron chi connectivity index (χ0n) is 15.3. The van der Waals surface area contributed by atoms with Crippen molar-refractivity contribution in [2.24, 2.45) is 0 Å². The molecule has 0 aliphatic rings. The fourth-order valence-corrected chi connectivity index (χ4v) is 2.45. The molecule has 0 saturated carbocycles. The van der Waals surface area contributed by atoms with Crippen LogP contribution < -0.4 is 14.2 Å². The number of hydrogen-bond donors (Lipinski definition) is 1. The topological polar surface area (TPSA) is 82.1 Å². The maximum Gasteiger partial charge on any atom is 0.343 e. The molecular weight excluding hydrogens is 360 g/mol. The fourth-order valence-electron chi connectivity index (χ4n) is 2.45. The number of aromatic hydroxyl groups is 1. The van der Waals surface area contributed by atoms with Crippen LogP contribution in [0.3, 0.4) is 0 Å². The molecule has 0 aliphatic heterocycles. The van der Waals surface area contributed by atoms with E-state index in [0.717, 1.165) is 0 Å². The number of phenols is 1. The molecular formula is C22H18O6. The van der Waals surface area contributed by atoms with E-state index in [-0.39, 0.29) is 5.75 Å². The van der Waals surface area contributed by atoms with E-state index in [0.29, 0.717) is 33.9 Å². The highest BCUT2D eigenvalue weighted by Gasteiger charge is 2.13. The number of hydrogen-bond acceptors (Lipinski definition) is 6. The minimum atomic E-state index is -0.553. The molecule has 0 fully saturated rings. The molecule has 0 saturated heterocycles. The number of phenolic OH excluding ortho intramolecular Hbond substituents is 1. The maximum atomic E-state index is 12.3. The number of methoxy groups -OCH3 is 1. The third-order valence-corrected chi connectivity index (χ3v) is 3.99. The van der Waals surface area contributed by atoms with Crippen LogP contribution in [0.4, 0.5) is 0 Å². The largest absolute Gasteiger partial charge is 0.508 e. The molecule has 0 aliphatic carbocycles. The smallest absolute Gasteiger partial charge is 0.343 e. The Hall–Kier alpha value is -3.80. The van der Waals surface area contributed by atoms with Crippen molar-refractivity contribution in [2.45, 2.75) is 6.92 Å². The van der Waals surface area contributed by atoms with Gasteiger partial charge in [0.15, 0.2) is 0 Å². The number of rotatable bonds is 5. The van der Waals surface area contributed by atoms with Gasteiger partial charge in [-0.05, 0) is 79.2 Å². The Morgan fingerprint density at radius 2 is 1.29 bits per heavy atom. The van der Waals surface area contributed by atoms with Gasteiger partial charge in [0.05, 0.1) is 18.2 Å². The summed E-state index contributed by atoms with van der Waals surface area (Å²) in [4.78, 5) is 24.4. The number of carbonyl (C=O) groups excluding carboxylic acids is 2. The van der Waals surface area contributed by atoms with Gasteiger partial charge in [-0.1, -0.05) is 0 Å². The fraction of sp³-hybridized carbons (Fsp3) is 0.0909. The number of aryl methyl sites for hydroxylation is 1. The van der Waals surface area contributed by atoms with Gasteiger partial charge in [0, 0.05) is 0 Å². The van der Waals surface area contributed by atoms with Gasteiger partial charge in [0.25, 0.3) is 0 Å². The van der Waals surface area contributed by atoms with Crippen molar-refractivity contribution in [1.29, 1.82) is 0 Å². The highest BCUT2D eigenvalue weighted by Crippen LogP contribution is 2.25. The van der Waals surface area contributed by atoms with Crippen molar-refractivity contribution in [1.82, 2.24) is 0 Å². The molecule has 3 rings (SSSR count). The molecule has 142 valence electrons. The molecule has 3 aromatic carbocycles. The third kappa shape index (κ3) is 4.48. The average molecular weight is 378 g/mol. The van der Waals surface area contributed by atoms with E-state index in [1.165, 1.54) is 24.3 Å². The number of ether oxygens (including phenoxy) is 3. The molecule has 6 heteroatoms. The number of carbonyl (C=O) groups is 2. The van der Waals surface area contributed by atoms with Gasteiger partial charge in [0.2, 0.25) is 0 Å². The van der Waals surface area contributed by atoms with Crippen LogP contribution in [0.1, 0.15) is 26.3 Å². The van der Waals surface area contributed by atoms with Crippen LogP contribution in [0, 0.1) is 6.92 Å². The van der Waals surface area contributed by atoms with E-state index in [1.54, 1.807) is 56.5 Å². The lowest BCUT2D eigenvalue weighted by atomic mass is 10.2. The van der Waals surface area contributed by atoms with Gasteiger partial charge in [0.1, 0.15) is 23.0 Å². The molecule has 0 radical (unpaired) electrons. The highest BCUT2D eigenvalue weighted by molar-refractivity contribution is 5.92. The number of benzene rings is 3. The Morgan fingerprint density at radius 3 is 1.86 bits per heavy atom. The predicted molar refractivity (Wildman–Crippen MR) is 102 cm³/mol. The van der Waals surface area contributed by atoms with E-state index in [9.17, 15) is 14.7 Å². The summed E-state index contributed by atoms with van der Waals surface area (Å²) < 4.78 is 15.8. The molecule has 0 bridgehead atoms. The Morgan fingerprint density at radius 1 is 0.750 bits per heavy atom. The first-order valence-electron chi connectivity index (χ1n) is 8.44. The summed E-state index contributed by atoms with van der Waals surface area (Å²) in [5.41, 5.74) is 1.34. The standard InChI is InChI=1S/C22H18O6/c1-14-13-19(27-21(24)15-3-7-17(23)8-4-15)11-12-20(14)28-22(25)16-5-9-18(26-2)10-6-16/h3-13,23H,1-2H3. The van der Waals surface area contributed by atoms with Crippen molar-refractivity contribution in [3.8, 4) is 23.0 Å². The Labute approximate surface area is 161 Å². The quantitative estimate of drug-likeness (QED) is 0.531. The van der Waals surface area contributed by atoms with Gasteiger partial charge < -0.3 is 19.3 Å². The van der Waals surface area contributed by atoms with Gasteiger partial charge in [-0.15, -0.1) is 0 Å². The van der Waals surface area contributed by atoms with E-state index in [1.807, 2.05) is 0 Å². The maximum absolute atomic E-state index is 12.3. The molecule has 0 amide bonds. The second kappa shape index (κ2) is 8.26. The van der Waals surface area contributed by atoms with Gasteiger partial charge >= 0.3 is 11.9 Å². The highest BCUT2D eigenvalue weighted by atomic mass is 16.5. The van der Waals surface area contributed by atoms with Crippen molar-refractivity contribution < 1.29 is 28.9 Å². The monoisotopic (exact) mass is 378 g/mol. The van der Waals surface area contributed by atoms with Gasteiger partial charge in [-0.2, -0.15) is 0 Å². The van der Waals surface area contributed by atoms with Crippen LogP contribution in [-0.2, 0) is 0 Å². The van der Waals surface area contributed by atoms with Crippen LogP contribution in [0.2, 0.25) is 0 Å². The van der Waals surface area contributed by atoms with Crippen LogP contribution in [0.15, 0.2) is 66.7 Å². The summed E-state index contributed by atoms with van der Waals surface area (Å²) in [6.45, 7) is 1.74. The van der Waals surface area contributed by atoms with Crippen LogP contribution >= 0.6 is 0 Å². The minimum absolute atomic E-state index is 0.0652. The lowest BCUT2D eigenvalue weighted by Gasteiger charge is -2.10. The molecule has 0 heterocycles. The van der Waals surface area contributed by atoms with E-state index >= 15 is 0 Å². The minimum Gasteiger partial charge on any atom is -0.508 e. The van der Waals surface area contributed by atoms with E-state index < -0.39 is 11.9 Å². The molecule has 0 atom stereocenters. The lowest BCUT2D eigenvalue weighted by Crippen LogP contribution is -2.10. The zero-order chi connectivity index (χ0) is 20.1. The zero-order valence-corrected chi connectivity index (χ0v) is 15.3. The second-order valence-electron chi connectivity index (χ2n) is 5.98. The summed E-state index contributed by atoms with van der Waals surface area (Å²) >= 11 is 0. The second-order valence-corrected chi connectivity index (χ2v) is 5.98. The Balaban J connectivity index is 1.68. The SMILES string of the molecule is COc1ccc(C(=O)Oc2ccc(OC(=O)c3ccc(O)cc3)cc2C)cc1. The molecule has 0 unspecified atom stereocenters.